The average Bonchev–Trinajstić information content (AvgIpc) is 3.22. The molecular weight excluding hydrogens is 744 g/mol. The van der Waals surface area contributed by atoms with Crippen molar-refractivity contribution in [1.82, 2.24) is 0 Å². The predicted molar refractivity (Wildman–Crippen MR) is 174 cm³/mol. The van der Waals surface area contributed by atoms with E-state index in [1.54, 1.807) is 24.3 Å². The second-order valence-electron chi connectivity index (χ2n) is 11.2. The predicted octanol–water partition coefficient (Wildman–Crippen LogP) is 6.81. The Labute approximate surface area is 308 Å². The van der Waals surface area contributed by atoms with E-state index in [0.717, 1.165) is 60.7 Å². The standard InChI is InChI=1S/C40H8F8N8/c41-33-29(15-55)34(42)38(46)31(37(33)45)27(13-53)25-8-24(22-5-19(11-51)2-20(6-22)12-52)26(7-23(25)21-3-17(9-49)1-18(4-21)10-50)28(14-54)32-39(47)35(43)30(16-56)36(44)40(32)48/h1-8H/b27-25+,28-26+. The number of benzene rings is 5. The van der Waals surface area contributed by atoms with Gasteiger partial charge in [0, 0.05) is 10.4 Å². The van der Waals surface area contributed by atoms with Crippen LogP contribution in [0.5, 0.6) is 0 Å². The molecule has 5 aromatic carbocycles. The molecule has 0 atom stereocenters. The summed E-state index contributed by atoms with van der Waals surface area (Å²) in [5.41, 5.74) is -12.2. The highest BCUT2D eigenvalue weighted by Crippen LogP contribution is 2.32. The Bertz CT molecular complexity index is 2780. The fourth-order valence-corrected chi connectivity index (χ4v) is 5.72. The molecule has 0 aliphatic heterocycles. The molecule has 0 spiro atoms. The van der Waals surface area contributed by atoms with Crippen LogP contribution in [0.4, 0.5) is 35.1 Å². The number of hydrogen-bond donors (Lipinski definition) is 0. The van der Waals surface area contributed by atoms with Gasteiger partial charge in [-0.05, 0) is 70.8 Å². The first-order valence-corrected chi connectivity index (χ1v) is 14.9. The topological polar surface area (TPSA) is 190 Å². The Morgan fingerprint density at radius 1 is 0.339 bits per heavy atom. The van der Waals surface area contributed by atoms with Gasteiger partial charge in [-0.2, -0.15) is 42.1 Å². The summed E-state index contributed by atoms with van der Waals surface area (Å²) in [7, 11) is 0. The zero-order valence-corrected chi connectivity index (χ0v) is 27.2. The fraction of sp³-hybridized carbons (Fsp3) is 0. The molecule has 264 valence electrons. The molecule has 0 heterocycles. The lowest BCUT2D eigenvalue weighted by molar-refractivity contribution is 0.446. The monoisotopic (exact) mass is 752 g/mol. The Morgan fingerprint density at radius 2 is 0.607 bits per heavy atom. The van der Waals surface area contributed by atoms with Gasteiger partial charge in [0.1, 0.15) is 35.4 Å². The van der Waals surface area contributed by atoms with Crippen molar-refractivity contribution < 1.29 is 35.1 Å². The number of nitrogens with zero attached hydrogens (tertiary/aromatic N) is 8. The van der Waals surface area contributed by atoms with Crippen LogP contribution in [-0.4, -0.2) is 0 Å². The molecule has 0 bridgehead atoms. The molecule has 8 nitrogen and oxygen atoms in total. The molecule has 16 heteroatoms. The molecule has 0 aromatic heterocycles. The molecule has 0 N–H and O–H groups in total. The molecule has 0 radical (unpaired) electrons. The van der Waals surface area contributed by atoms with Gasteiger partial charge >= 0.3 is 0 Å². The molecule has 5 rings (SSSR count). The van der Waals surface area contributed by atoms with Gasteiger partial charge in [-0.25, -0.2) is 35.1 Å². The third-order valence-corrected chi connectivity index (χ3v) is 8.17. The van der Waals surface area contributed by atoms with E-state index >= 15 is 17.6 Å². The van der Waals surface area contributed by atoms with Gasteiger partial charge in [-0.15, -0.1) is 0 Å². The van der Waals surface area contributed by atoms with Crippen LogP contribution in [0.25, 0.3) is 33.4 Å². The maximum Gasteiger partial charge on any atom is 0.180 e. The van der Waals surface area contributed by atoms with Crippen molar-refractivity contribution in [2.75, 3.05) is 0 Å². The lowest BCUT2D eigenvalue weighted by atomic mass is 9.87. The van der Waals surface area contributed by atoms with Crippen LogP contribution < -0.4 is 10.4 Å². The quantitative estimate of drug-likeness (QED) is 0.141. The van der Waals surface area contributed by atoms with Crippen molar-refractivity contribution in [3.8, 4) is 70.8 Å². The van der Waals surface area contributed by atoms with E-state index in [-0.39, 0.29) is 33.4 Å². The van der Waals surface area contributed by atoms with Crippen molar-refractivity contribution >= 4 is 11.1 Å². The summed E-state index contributed by atoms with van der Waals surface area (Å²) < 4.78 is 122. The third kappa shape index (κ3) is 6.21. The second kappa shape index (κ2) is 15.0. The lowest BCUT2D eigenvalue weighted by Gasteiger charge is -2.15. The Hall–Kier alpha value is -8.80. The second-order valence-corrected chi connectivity index (χ2v) is 11.2. The normalized spacial score (nSPS) is 11.3. The number of nitriles is 8. The van der Waals surface area contributed by atoms with Crippen molar-refractivity contribution in [3.63, 3.8) is 0 Å². The van der Waals surface area contributed by atoms with Crippen LogP contribution in [0.1, 0.15) is 44.5 Å². The van der Waals surface area contributed by atoms with E-state index in [9.17, 15) is 49.1 Å². The van der Waals surface area contributed by atoms with Crippen molar-refractivity contribution in [1.29, 1.82) is 42.1 Å². The minimum absolute atomic E-state index is 0.278. The molecule has 5 aromatic rings. The number of halogens is 8. The van der Waals surface area contributed by atoms with Crippen LogP contribution in [-0.2, 0) is 0 Å². The van der Waals surface area contributed by atoms with E-state index in [4.69, 9.17) is 10.5 Å². The summed E-state index contributed by atoms with van der Waals surface area (Å²) in [5.74, 6) is -17.9. The fourth-order valence-electron chi connectivity index (χ4n) is 5.72. The first kappa shape index (κ1) is 38.4. The third-order valence-electron chi connectivity index (χ3n) is 8.17. The van der Waals surface area contributed by atoms with Gasteiger partial charge in [-0.1, -0.05) is 0 Å². The summed E-state index contributed by atoms with van der Waals surface area (Å²) in [6.07, 6.45) is 0. The van der Waals surface area contributed by atoms with E-state index in [1.165, 1.54) is 12.1 Å². The van der Waals surface area contributed by atoms with Crippen LogP contribution in [0.3, 0.4) is 0 Å². The van der Waals surface area contributed by atoms with E-state index < -0.39 is 102 Å². The smallest absolute Gasteiger partial charge is 0.180 e. The van der Waals surface area contributed by atoms with Gasteiger partial charge in [-0.3, -0.25) is 0 Å². The maximum absolute atomic E-state index is 15.6. The van der Waals surface area contributed by atoms with Gasteiger partial charge in [0.15, 0.2) is 46.5 Å². The Balaban J connectivity index is 2.25. The molecule has 0 unspecified atom stereocenters. The van der Waals surface area contributed by atoms with Crippen LogP contribution in [0.2, 0.25) is 0 Å². The minimum Gasteiger partial charge on any atom is -0.203 e. The molecule has 0 amide bonds. The van der Waals surface area contributed by atoms with Crippen LogP contribution >= 0.6 is 0 Å². The Morgan fingerprint density at radius 3 is 0.821 bits per heavy atom. The molecule has 0 saturated heterocycles. The highest BCUT2D eigenvalue weighted by Gasteiger charge is 2.31. The summed E-state index contributed by atoms with van der Waals surface area (Å²) in [6.45, 7) is 0. The van der Waals surface area contributed by atoms with Crippen LogP contribution in [0.15, 0.2) is 48.5 Å². The molecule has 0 saturated carbocycles. The van der Waals surface area contributed by atoms with E-state index in [2.05, 4.69) is 0 Å². The summed E-state index contributed by atoms with van der Waals surface area (Å²) >= 11 is 0. The largest absolute Gasteiger partial charge is 0.203 e. The molecule has 56 heavy (non-hydrogen) atoms. The van der Waals surface area contributed by atoms with Gasteiger partial charge < -0.3 is 0 Å². The van der Waals surface area contributed by atoms with E-state index in [0.29, 0.717) is 0 Å². The van der Waals surface area contributed by atoms with Gasteiger partial charge in [0.2, 0.25) is 0 Å². The van der Waals surface area contributed by atoms with Crippen molar-refractivity contribution in [2.24, 2.45) is 0 Å². The summed E-state index contributed by atoms with van der Waals surface area (Å²) in [5, 5.41) is 76.3. The molecular formula is C40H8F8N8. The Kier molecular flexibility index (Phi) is 10.3. The first-order valence-electron chi connectivity index (χ1n) is 14.9. The van der Waals surface area contributed by atoms with E-state index in [1.807, 2.05) is 0 Å². The number of rotatable bonds is 4. The maximum atomic E-state index is 15.6. The van der Waals surface area contributed by atoms with Crippen molar-refractivity contribution in [2.45, 2.75) is 0 Å². The van der Waals surface area contributed by atoms with Gasteiger partial charge in [0.25, 0.3) is 0 Å². The van der Waals surface area contributed by atoms with Crippen LogP contribution in [0, 0.1) is 137 Å². The average molecular weight is 753 g/mol. The summed E-state index contributed by atoms with van der Waals surface area (Å²) in [6, 6.07) is 19.3. The van der Waals surface area contributed by atoms with Gasteiger partial charge in [0.05, 0.1) is 68.8 Å². The number of hydrogen-bond acceptors (Lipinski definition) is 8. The zero-order valence-electron chi connectivity index (χ0n) is 27.2. The SMILES string of the molecule is N#C/C(c1c(F)c(F)c(C#N)c(F)c1F)=c1/cc(-c2cc(C#N)cc(C#N)c2)/c(=C(\C#N)c2c(F)c(F)c(C#N)c(F)c2F)cc1-c1cc(C#N)cc(C#N)c1. The van der Waals surface area contributed by atoms with Crippen molar-refractivity contribution in [3.05, 3.63) is 150 Å². The summed E-state index contributed by atoms with van der Waals surface area (Å²) in [4.78, 5) is 0. The molecule has 0 aliphatic carbocycles. The zero-order chi connectivity index (χ0) is 41.2. The lowest BCUT2D eigenvalue weighted by Crippen LogP contribution is -2.22. The minimum atomic E-state index is -2.24. The highest BCUT2D eigenvalue weighted by atomic mass is 19.2. The first-order chi connectivity index (χ1) is 26.7. The molecule has 0 fully saturated rings. The molecule has 0 aliphatic rings. The highest BCUT2D eigenvalue weighted by molar-refractivity contribution is 5.88.